The van der Waals surface area contributed by atoms with Crippen molar-refractivity contribution in [1.29, 1.82) is 0 Å². The Morgan fingerprint density at radius 2 is 1.78 bits per heavy atom. The number of benzene rings is 1. The monoisotopic (exact) mass is 697 g/mol. The molecular weight excluding hydrogens is 642 g/mol. The van der Waals surface area contributed by atoms with E-state index in [2.05, 4.69) is 41.7 Å². The van der Waals surface area contributed by atoms with Gasteiger partial charge in [-0.05, 0) is 140 Å². The number of nitrogens with one attached hydrogen (secondary N) is 2. The second kappa shape index (κ2) is 14.7. The second-order valence-electron chi connectivity index (χ2n) is 16.4. The summed E-state index contributed by atoms with van der Waals surface area (Å²) in [6.07, 6.45) is 10.4. The van der Waals surface area contributed by atoms with Crippen LogP contribution in [0.1, 0.15) is 104 Å². The molecule has 1 heterocycles. The van der Waals surface area contributed by atoms with Crippen molar-refractivity contribution in [2.75, 3.05) is 19.0 Å². The zero-order valence-electron chi connectivity index (χ0n) is 29.9. The van der Waals surface area contributed by atoms with Gasteiger partial charge in [0.1, 0.15) is 6.04 Å². The van der Waals surface area contributed by atoms with Crippen molar-refractivity contribution in [3.05, 3.63) is 22.2 Å². The maximum absolute atomic E-state index is 13.2. The maximum atomic E-state index is 13.2. The molecule has 4 fully saturated rings. The minimum atomic E-state index is -0.740. The number of aliphatic hydroxyl groups is 2. The number of esters is 1. The number of nitro groups is 1. The lowest BCUT2D eigenvalue weighted by molar-refractivity contribution is -0.383. The Kier molecular flexibility index (Phi) is 10.7. The Hall–Kier alpha value is -3.32. The number of non-ortho nitro benzene ring substituents is 1. The zero-order valence-corrected chi connectivity index (χ0v) is 29.9. The third-order valence-corrected chi connectivity index (χ3v) is 13.9. The number of ether oxygens (including phenoxy) is 1. The summed E-state index contributed by atoms with van der Waals surface area (Å²) in [5.41, 5.74) is 1.09. The van der Waals surface area contributed by atoms with E-state index in [1.165, 1.54) is 13.2 Å². The van der Waals surface area contributed by atoms with Crippen LogP contribution in [-0.4, -0.2) is 69.2 Å². The molecule has 4 saturated carbocycles. The van der Waals surface area contributed by atoms with E-state index >= 15 is 0 Å². The standard InChI is InChI=1S/C37H55N5O8/c1-21(24-9-10-25-32-26(15-17-37(24,25)3)36(2)16-14-23(43)19-22(36)20-30(32)44)8-13-31(45)39-28(35(46)49-4)7-5-6-18-38-27-11-12-29(42(47)48)34-33(27)40-50-41-34/h11-12,21-26,28,30,32,38,43-44H,5-10,13-20H2,1-4H3,(H,39,45)/t21-,22?,23-,24?,25?,26?,28+,30?,32?,36+,37-/m1/s1. The van der Waals surface area contributed by atoms with E-state index in [1.807, 2.05) is 0 Å². The topological polar surface area (TPSA) is 190 Å². The van der Waals surface area contributed by atoms with Crippen LogP contribution in [0.15, 0.2) is 16.8 Å². The van der Waals surface area contributed by atoms with Gasteiger partial charge in [0.15, 0.2) is 5.52 Å². The number of hydrogen-bond donors (Lipinski definition) is 4. The number of nitro benzene ring substituents is 1. The summed E-state index contributed by atoms with van der Waals surface area (Å²) in [4.78, 5) is 36.5. The van der Waals surface area contributed by atoms with Gasteiger partial charge < -0.3 is 25.6 Å². The number of nitrogens with zero attached hydrogens (tertiary/aromatic N) is 3. The highest BCUT2D eigenvalue weighted by molar-refractivity contribution is 5.93. The van der Waals surface area contributed by atoms with E-state index in [4.69, 9.17) is 9.37 Å². The molecule has 4 aliphatic rings. The lowest BCUT2D eigenvalue weighted by Crippen LogP contribution is -2.58. The highest BCUT2D eigenvalue weighted by Gasteiger charge is 2.62. The summed E-state index contributed by atoms with van der Waals surface area (Å²) in [5.74, 6) is 1.92. The third-order valence-electron chi connectivity index (χ3n) is 13.9. The number of amides is 1. The van der Waals surface area contributed by atoms with Gasteiger partial charge in [0.25, 0.3) is 0 Å². The van der Waals surface area contributed by atoms with Gasteiger partial charge in [0, 0.05) is 19.0 Å². The first-order valence-electron chi connectivity index (χ1n) is 18.7. The van der Waals surface area contributed by atoms with Crippen molar-refractivity contribution >= 4 is 34.3 Å². The van der Waals surface area contributed by atoms with E-state index in [0.29, 0.717) is 73.4 Å². The van der Waals surface area contributed by atoms with E-state index in [-0.39, 0.29) is 45.7 Å². The molecule has 0 saturated heterocycles. The quantitative estimate of drug-likeness (QED) is 0.0859. The minimum absolute atomic E-state index is 0.0778. The summed E-state index contributed by atoms with van der Waals surface area (Å²) in [6, 6.07) is 2.18. The number of carbonyl (C=O) groups is 2. The molecule has 6 rings (SSSR count). The van der Waals surface area contributed by atoms with Gasteiger partial charge in [-0.2, -0.15) is 0 Å². The number of anilines is 1. The normalized spacial score (nSPS) is 34.6. The van der Waals surface area contributed by atoms with Gasteiger partial charge >= 0.3 is 11.7 Å². The molecule has 1 aromatic carbocycles. The van der Waals surface area contributed by atoms with Gasteiger partial charge in [-0.3, -0.25) is 14.9 Å². The average Bonchev–Trinajstić information content (AvgIpc) is 3.72. The Morgan fingerprint density at radius 1 is 1.04 bits per heavy atom. The first-order chi connectivity index (χ1) is 23.9. The summed E-state index contributed by atoms with van der Waals surface area (Å²) < 4.78 is 9.72. The van der Waals surface area contributed by atoms with Crippen molar-refractivity contribution in [1.82, 2.24) is 15.6 Å². The van der Waals surface area contributed by atoms with E-state index in [9.17, 15) is 29.9 Å². The van der Waals surface area contributed by atoms with Crippen LogP contribution in [0.2, 0.25) is 0 Å². The molecule has 276 valence electrons. The van der Waals surface area contributed by atoms with Crippen LogP contribution < -0.4 is 10.6 Å². The van der Waals surface area contributed by atoms with Crippen LogP contribution in [0.4, 0.5) is 11.4 Å². The Labute approximate surface area is 293 Å². The predicted molar refractivity (Wildman–Crippen MR) is 186 cm³/mol. The molecule has 4 aliphatic carbocycles. The molecule has 6 unspecified atom stereocenters. The van der Waals surface area contributed by atoms with Crippen molar-refractivity contribution in [2.24, 2.45) is 46.3 Å². The number of methoxy groups -OCH3 is 1. The number of aliphatic hydroxyl groups excluding tert-OH is 2. The summed E-state index contributed by atoms with van der Waals surface area (Å²) in [5, 5.41) is 46.7. The lowest BCUT2D eigenvalue weighted by Gasteiger charge is -2.62. The van der Waals surface area contributed by atoms with Crippen molar-refractivity contribution in [3.8, 4) is 0 Å². The van der Waals surface area contributed by atoms with Gasteiger partial charge in [-0.15, -0.1) is 0 Å². The highest BCUT2D eigenvalue weighted by atomic mass is 16.6. The Morgan fingerprint density at radius 3 is 2.54 bits per heavy atom. The fourth-order valence-electron chi connectivity index (χ4n) is 11.2. The fourth-order valence-corrected chi connectivity index (χ4v) is 11.2. The largest absolute Gasteiger partial charge is 0.467 e. The molecule has 2 aromatic rings. The number of hydrogen-bond acceptors (Lipinski definition) is 11. The van der Waals surface area contributed by atoms with Crippen LogP contribution in [-0.2, 0) is 14.3 Å². The molecule has 1 amide bonds. The predicted octanol–water partition coefficient (Wildman–Crippen LogP) is 5.78. The van der Waals surface area contributed by atoms with E-state index in [1.54, 1.807) is 6.07 Å². The maximum Gasteiger partial charge on any atom is 0.328 e. The van der Waals surface area contributed by atoms with Gasteiger partial charge in [-0.25, -0.2) is 9.42 Å². The number of fused-ring (bicyclic) bond motifs is 6. The minimum Gasteiger partial charge on any atom is -0.467 e. The van der Waals surface area contributed by atoms with Crippen LogP contribution in [0.3, 0.4) is 0 Å². The molecule has 4 N–H and O–H groups in total. The van der Waals surface area contributed by atoms with Crippen LogP contribution in [0.25, 0.3) is 11.0 Å². The molecule has 11 atom stereocenters. The van der Waals surface area contributed by atoms with Crippen molar-refractivity contribution in [2.45, 2.75) is 122 Å². The second-order valence-corrected chi connectivity index (χ2v) is 16.4. The van der Waals surface area contributed by atoms with E-state index < -0.39 is 16.9 Å². The van der Waals surface area contributed by atoms with Crippen LogP contribution in [0, 0.1) is 56.5 Å². The molecular formula is C37H55N5O8. The lowest BCUT2D eigenvalue weighted by atomic mass is 9.43. The molecule has 13 heteroatoms. The number of rotatable bonds is 13. The fraction of sp³-hybridized carbons (Fsp3) is 0.784. The van der Waals surface area contributed by atoms with Gasteiger partial charge in [0.2, 0.25) is 11.4 Å². The number of aromatic nitrogens is 2. The van der Waals surface area contributed by atoms with Crippen LogP contribution in [0.5, 0.6) is 0 Å². The summed E-state index contributed by atoms with van der Waals surface area (Å²) in [7, 11) is 1.32. The highest BCUT2D eigenvalue weighted by Crippen LogP contribution is 2.68. The van der Waals surface area contributed by atoms with Gasteiger partial charge in [-0.1, -0.05) is 20.8 Å². The summed E-state index contributed by atoms with van der Waals surface area (Å²) >= 11 is 0. The first-order valence-corrected chi connectivity index (χ1v) is 18.7. The van der Waals surface area contributed by atoms with Gasteiger partial charge in [0.05, 0.1) is 29.9 Å². The third kappa shape index (κ3) is 6.83. The molecule has 0 spiro atoms. The van der Waals surface area contributed by atoms with Crippen molar-refractivity contribution in [3.63, 3.8) is 0 Å². The zero-order chi connectivity index (χ0) is 35.8. The summed E-state index contributed by atoms with van der Waals surface area (Å²) in [6.45, 7) is 7.68. The van der Waals surface area contributed by atoms with E-state index in [0.717, 1.165) is 57.8 Å². The molecule has 13 nitrogen and oxygen atoms in total. The molecule has 0 radical (unpaired) electrons. The van der Waals surface area contributed by atoms with Crippen LogP contribution >= 0.6 is 0 Å². The average molecular weight is 698 g/mol. The first kappa shape index (κ1) is 36.5. The SMILES string of the molecule is COC(=O)[C@H](CCCCNc1ccc([N+](=O)[O-])c2nonc12)NC(=O)CC[C@@H](C)C1CCC2C3C(O)CC4C[C@H](O)CC[C@]4(C)C3CC[C@@]21C. The molecule has 0 aliphatic heterocycles. The molecule has 0 bridgehead atoms. The van der Waals surface area contributed by atoms with Crippen molar-refractivity contribution < 1.29 is 34.1 Å². The Balaban J connectivity index is 0.981. The Bertz CT molecular complexity index is 1550. The number of carbonyl (C=O) groups excluding carboxylic acids is 2. The molecule has 1 aromatic heterocycles. The molecule has 50 heavy (non-hydrogen) atoms. The number of unbranched alkanes of at least 4 members (excludes halogenated alkanes) is 1. The smallest absolute Gasteiger partial charge is 0.328 e.